The molecule has 3 N–H and O–H groups in total. The molecule has 1 amide bonds. The predicted molar refractivity (Wildman–Crippen MR) is 54.4 cm³/mol. The summed E-state index contributed by atoms with van der Waals surface area (Å²) in [4.78, 5) is 12.1. The molecule has 0 radical (unpaired) electrons. The van der Waals surface area contributed by atoms with Crippen LogP contribution in [-0.4, -0.2) is 44.0 Å². The van der Waals surface area contributed by atoms with Gasteiger partial charge in [-0.3, -0.25) is 4.79 Å². The molecule has 0 spiro atoms. The van der Waals surface area contributed by atoms with Gasteiger partial charge >= 0.3 is 0 Å². The number of nitrogens with zero attached hydrogens (tertiary/aromatic N) is 1. The lowest BCUT2D eigenvalue weighted by molar-refractivity contribution is -0.109. The Labute approximate surface area is 80.5 Å². The Morgan fingerprint density at radius 1 is 1.54 bits per heavy atom. The molecule has 0 saturated carbocycles. The minimum absolute atomic E-state index is 0.224. The van der Waals surface area contributed by atoms with Gasteiger partial charge in [0.2, 0.25) is 6.41 Å². The molecule has 2 unspecified atom stereocenters. The third-order valence-electron chi connectivity index (χ3n) is 2.22. The number of amides is 1. The maximum absolute atomic E-state index is 9.97. The third-order valence-corrected chi connectivity index (χ3v) is 2.22. The fraction of sp³-hybridized carbons (Fsp3) is 0.889. The first kappa shape index (κ1) is 12.4. The lowest BCUT2D eigenvalue weighted by Crippen LogP contribution is -2.37. The fourth-order valence-electron chi connectivity index (χ4n) is 1.06. The van der Waals surface area contributed by atoms with E-state index in [-0.39, 0.29) is 6.04 Å². The monoisotopic (exact) mass is 187 g/mol. The van der Waals surface area contributed by atoms with Crippen LogP contribution in [-0.2, 0) is 4.79 Å². The summed E-state index contributed by atoms with van der Waals surface area (Å²) in [5.41, 5.74) is 5.74. The highest BCUT2D eigenvalue weighted by Crippen LogP contribution is 2.01. The van der Waals surface area contributed by atoms with E-state index in [1.807, 2.05) is 14.0 Å². The number of hydrogen-bond acceptors (Lipinski definition) is 3. The molecule has 0 aliphatic heterocycles. The first-order chi connectivity index (χ1) is 6.07. The van der Waals surface area contributed by atoms with Gasteiger partial charge < -0.3 is 16.0 Å². The predicted octanol–water partition coefficient (Wildman–Crippen LogP) is -0.352. The van der Waals surface area contributed by atoms with Crippen molar-refractivity contribution in [2.45, 2.75) is 19.9 Å². The quantitative estimate of drug-likeness (QED) is 0.423. The minimum Gasteiger partial charge on any atom is -0.357 e. The third kappa shape index (κ3) is 6.54. The first-order valence-corrected chi connectivity index (χ1v) is 4.69. The van der Waals surface area contributed by atoms with Crippen molar-refractivity contribution in [3.05, 3.63) is 0 Å². The summed E-state index contributed by atoms with van der Waals surface area (Å²) in [6, 6.07) is 0.224. The van der Waals surface area contributed by atoms with Crippen LogP contribution in [0.25, 0.3) is 0 Å². The zero-order chi connectivity index (χ0) is 10.3. The van der Waals surface area contributed by atoms with E-state index in [1.54, 1.807) is 0 Å². The Morgan fingerprint density at radius 2 is 2.15 bits per heavy atom. The van der Waals surface area contributed by atoms with Crippen molar-refractivity contribution >= 4 is 6.41 Å². The molecule has 4 nitrogen and oxygen atoms in total. The van der Waals surface area contributed by atoms with Crippen molar-refractivity contribution < 1.29 is 4.79 Å². The van der Waals surface area contributed by atoms with E-state index in [0.717, 1.165) is 19.5 Å². The van der Waals surface area contributed by atoms with Gasteiger partial charge in [-0.2, -0.15) is 0 Å². The van der Waals surface area contributed by atoms with Gasteiger partial charge in [-0.1, -0.05) is 6.92 Å². The van der Waals surface area contributed by atoms with E-state index in [2.05, 4.69) is 17.1 Å². The minimum atomic E-state index is 0.224. The van der Waals surface area contributed by atoms with Crippen molar-refractivity contribution in [3.63, 3.8) is 0 Å². The van der Waals surface area contributed by atoms with E-state index in [1.165, 1.54) is 0 Å². The molecule has 0 aromatic heterocycles. The molecule has 0 aromatic carbocycles. The molecule has 0 aliphatic rings. The van der Waals surface area contributed by atoms with Gasteiger partial charge in [0, 0.05) is 25.7 Å². The number of nitrogens with one attached hydrogen (secondary N) is 1. The standard InChI is InChI=1S/C9H21N3O/c1-8(9(2)10)6-12(3)5-4-11-7-13/h7-9H,4-6,10H2,1-3H3,(H,11,13). The summed E-state index contributed by atoms with van der Waals surface area (Å²) in [5.74, 6) is 0.487. The molecule has 13 heavy (non-hydrogen) atoms. The van der Waals surface area contributed by atoms with Gasteiger partial charge in [0.15, 0.2) is 0 Å². The summed E-state index contributed by atoms with van der Waals surface area (Å²) >= 11 is 0. The highest BCUT2D eigenvalue weighted by molar-refractivity contribution is 5.45. The van der Waals surface area contributed by atoms with Crippen LogP contribution in [0.15, 0.2) is 0 Å². The average Bonchev–Trinajstić information content (AvgIpc) is 2.04. The van der Waals surface area contributed by atoms with Crippen LogP contribution >= 0.6 is 0 Å². The van der Waals surface area contributed by atoms with Gasteiger partial charge in [0.05, 0.1) is 0 Å². The Hall–Kier alpha value is -0.610. The van der Waals surface area contributed by atoms with Crippen LogP contribution < -0.4 is 11.1 Å². The summed E-state index contributed by atoms with van der Waals surface area (Å²) in [5, 5.41) is 2.63. The van der Waals surface area contributed by atoms with Gasteiger partial charge in [0.1, 0.15) is 0 Å². The number of nitrogens with two attached hydrogens (primary N) is 1. The fourth-order valence-corrected chi connectivity index (χ4v) is 1.06. The van der Waals surface area contributed by atoms with Crippen LogP contribution in [0.4, 0.5) is 0 Å². The molecule has 0 rings (SSSR count). The molecule has 0 bridgehead atoms. The van der Waals surface area contributed by atoms with E-state index in [0.29, 0.717) is 12.5 Å². The Kier molecular flexibility index (Phi) is 6.54. The largest absolute Gasteiger partial charge is 0.357 e. The van der Waals surface area contributed by atoms with Crippen LogP contribution in [0.2, 0.25) is 0 Å². The Balaban J connectivity index is 3.49. The summed E-state index contributed by atoms with van der Waals surface area (Å²) in [6.45, 7) is 6.69. The maximum atomic E-state index is 9.97. The molecule has 0 fully saturated rings. The first-order valence-electron chi connectivity index (χ1n) is 4.69. The number of carbonyl (C=O) groups is 1. The van der Waals surface area contributed by atoms with Gasteiger partial charge in [-0.15, -0.1) is 0 Å². The smallest absolute Gasteiger partial charge is 0.207 e. The van der Waals surface area contributed by atoms with Crippen molar-refractivity contribution in [3.8, 4) is 0 Å². The van der Waals surface area contributed by atoms with Crippen LogP contribution in [0.5, 0.6) is 0 Å². The van der Waals surface area contributed by atoms with Gasteiger partial charge in [-0.25, -0.2) is 0 Å². The summed E-state index contributed by atoms with van der Waals surface area (Å²) < 4.78 is 0. The van der Waals surface area contributed by atoms with Crippen molar-refractivity contribution in [1.29, 1.82) is 0 Å². The van der Waals surface area contributed by atoms with Crippen molar-refractivity contribution in [1.82, 2.24) is 10.2 Å². The highest BCUT2D eigenvalue weighted by Gasteiger charge is 2.09. The van der Waals surface area contributed by atoms with E-state index in [4.69, 9.17) is 5.73 Å². The summed E-state index contributed by atoms with van der Waals surface area (Å²) in [6.07, 6.45) is 0.725. The topological polar surface area (TPSA) is 58.4 Å². The zero-order valence-corrected chi connectivity index (χ0v) is 8.79. The second-order valence-corrected chi connectivity index (χ2v) is 3.67. The normalized spacial score (nSPS) is 15.5. The molecule has 4 heteroatoms. The second-order valence-electron chi connectivity index (χ2n) is 3.67. The lowest BCUT2D eigenvalue weighted by atomic mass is 10.0. The molecular weight excluding hydrogens is 166 g/mol. The lowest BCUT2D eigenvalue weighted by Gasteiger charge is -2.23. The van der Waals surface area contributed by atoms with Crippen LogP contribution in [0.3, 0.4) is 0 Å². The van der Waals surface area contributed by atoms with Crippen LogP contribution in [0, 0.1) is 5.92 Å². The number of likely N-dealkylation sites (N-methyl/N-ethyl adjacent to an activating group) is 1. The highest BCUT2D eigenvalue weighted by atomic mass is 16.1. The molecule has 2 atom stereocenters. The van der Waals surface area contributed by atoms with E-state index in [9.17, 15) is 4.79 Å². The van der Waals surface area contributed by atoms with Gasteiger partial charge in [-0.05, 0) is 19.9 Å². The number of carbonyl (C=O) groups excluding carboxylic acids is 1. The number of hydrogen-bond donors (Lipinski definition) is 2. The van der Waals surface area contributed by atoms with Crippen LogP contribution in [0.1, 0.15) is 13.8 Å². The van der Waals surface area contributed by atoms with Crippen molar-refractivity contribution in [2.24, 2.45) is 11.7 Å². The van der Waals surface area contributed by atoms with Gasteiger partial charge in [0.25, 0.3) is 0 Å². The maximum Gasteiger partial charge on any atom is 0.207 e. The average molecular weight is 187 g/mol. The molecule has 0 aliphatic carbocycles. The second kappa shape index (κ2) is 6.86. The van der Waals surface area contributed by atoms with Crippen molar-refractivity contribution in [2.75, 3.05) is 26.7 Å². The molecule has 0 saturated heterocycles. The molecule has 0 heterocycles. The molecule has 0 aromatic rings. The van der Waals surface area contributed by atoms with E-state index >= 15 is 0 Å². The Bertz CT molecular complexity index is 139. The number of rotatable bonds is 7. The zero-order valence-electron chi connectivity index (χ0n) is 8.79. The SMILES string of the molecule is CC(N)C(C)CN(C)CCNC=O. The molecular formula is C9H21N3O. The van der Waals surface area contributed by atoms with E-state index < -0.39 is 0 Å². The Morgan fingerprint density at radius 3 is 2.62 bits per heavy atom. The molecule has 78 valence electrons. The summed E-state index contributed by atoms with van der Waals surface area (Å²) in [7, 11) is 2.03.